The molecular formula is C22H31IN6O. The zero-order chi connectivity index (χ0) is 20.1. The van der Waals surface area contributed by atoms with E-state index >= 15 is 0 Å². The molecule has 0 radical (unpaired) electrons. The van der Waals surface area contributed by atoms with Crippen LogP contribution in [0.4, 0.5) is 0 Å². The predicted octanol–water partition coefficient (Wildman–Crippen LogP) is 3.75. The molecule has 162 valence electrons. The first-order valence-electron chi connectivity index (χ1n) is 10.5. The van der Waals surface area contributed by atoms with Gasteiger partial charge in [-0.1, -0.05) is 6.07 Å². The van der Waals surface area contributed by atoms with Crippen molar-refractivity contribution in [3.63, 3.8) is 0 Å². The molecule has 2 N–H and O–H groups in total. The number of nitrogens with one attached hydrogen (secondary N) is 2. The van der Waals surface area contributed by atoms with Crippen molar-refractivity contribution in [2.75, 3.05) is 26.2 Å². The highest BCUT2D eigenvalue weighted by Crippen LogP contribution is 2.24. The second kappa shape index (κ2) is 10.8. The van der Waals surface area contributed by atoms with E-state index in [1.165, 1.54) is 18.5 Å². The minimum Gasteiger partial charge on any atom is -0.468 e. The molecule has 1 aliphatic heterocycles. The Morgan fingerprint density at radius 3 is 2.73 bits per heavy atom. The van der Waals surface area contributed by atoms with Crippen LogP contribution in [0.2, 0.25) is 0 Å². The minimum atomic E-state index is 0. The number of nitrogens with zero attached hydrogens (tertiary/aromatic N) is 4. The van der Waals surface area contributed by atoms with Crippen molar-refractivity contribution in [1.29, 1.82) is 0 Å². The van der Waals surface area contributed by atoms with E-state index in [1.54, 1.807) is 6.26 Å². The lowest BCUT2D eigenvalue weighted by molar-refractivity contribution is 0.215. The first-order valence-corrected chi connectivity index (χ1v) is 10.5. The summed E-state index contributed by atoms with van der Waals surface area (Å²) in [5.74, 6) is 1.81. The molecule has 0 aromatic carbocycles. The molecule has 1 fully saturated rings. The van der Waals surface area contributed by atoms with Crippen molar-refractivity contribution < 1.29 is 4.42 Å². The SMILES string of the molecule is CCNC(=NCc1cn2c(C)cccc2n1)NCC(c1ccco1)N1CCCC1.I. The third kappa shape index (κ3) is 5.34. The molecule has 1 unspecified atom stereocenters. The number of halogens is 1. The van der Waals surface area contributed by atoms with E-state index < -0.39 is 0 Å². The van der Waals surface area contributed by atoms with Crippen molar-refractivity contribution in [1.82, 2.24) is 24.9 Å². The molecule has 0 aliphatic carbocycles. The predicted molar refractivity (Wildman–Crippen MR) is 130 cm³/mol. The van der Waals surface area contributed by atoms with Crippen molar-refractivity contribution in [3.8, 4) is 0 Å². The van der Waals surface area contributed by atoms with E-state index in [1.807, 2.05) is 18.2 Å². The van der Waals surface area contributed by atoms with Gasteiger partial charge in [0.15, 0.2) is 5.96 Å². The van der Waals surface area contributed by atoms with Gasteiger partial charge in [0.05, 0.1) is 24.5 Å². The number of fused-ring (bicyclic) bond motifs is 1. The normalized spacial score (nSPS) is 15.9. The summed E-state index contributed by atoms with van der Waals surface area (Å²) in [7, 11) is 0. The highest BCUT2D eigenvalue weighted by Gasteiger charge is 2.25. The smallest absolute Gasteiger partial charge is 0.191 e. The Labute approximate surface area is 195 Å². The van der Waals surface area contributed by atoms with Gasteiger partial charge in [0.2, 0.25) is 0 Å². The Balaban J connectivity index is 0.00000256. The molecular weight excluding hydrogens is 491 g/mol. The van der Waals surface area contributed by atoms with Crippen LogP contribution in [0.5, 0.6) is 0 Å². The fourth-order valence-electron chi connectivity index (χ4n) is 3.91. The lowest BCUT2D eigenvalue weighted by Gasteiger charge is -2.26. The first kappa shape index (κ1) is 22.6. The molecule has 4 rings (SSSR count). The Morgan fingerprint density at radius 1 is 1.20 bits per heavy atom. The average molecular weight is 522 g/mol. The monoisotopic (exact) mass is 522 g/mol. The van der Waals surface area contributed by atoms with Crippen LogP contribution in [-0.4, -0.2) is 46.4 Å². The van der Waals surface area contributed by atoms with Crippen LogP contribution in [0.25, 0.3) is 5.65 Å². The summed E-state index contributed by atoms with van der Waals surface area (Å²) in [4.78, 5) is 11.9. The van der Waals surface area contributed by atoms with Crippen LogP contribution in [0.15, 0.2) is 52.2 Å². The van der Waals surface area contributed by atoms with Crippen molar-refractivity contribution in [2.24, 2.45) is 4.99 Å². The number of imidazole rings is 1. The minimum absolute atomic E-state index is 0. The average Bonchev–Trinajstić information content (AvgIpc) is 3.48. The summed E-state index contributed by atoms with van der Waals surface area (Å²) in [5, 5.41) is 6.85. The fraction of sp³-hybridized carbons (Fsp3) is 0.455. The van der Waals surface area contributed by atoms with Gasteiger partial charge in [-0.15, -0.1) is 24.0 Å². The Kier molecular flexibility index (Phi) is 8.15. The van der Waals surface area contributed by atoms with Gasteiger partial charge in [0.25, 0.3) is 0 Å². The van der Waals surface area contributed by atoms with E-state index in [0.717, 1.165) is 49.2 Å². The molecule has 0 saturated carbocycles. The van der Waals surface area contributed by atoms with Gasteiger partial charge in [-0.25, -0.2) is 9.98 Å². The molecule has 3 aromatic rings. The molecule has 0 spiro atoms. The maximum Gasteiger partial charge on any atom is 0.191 e. The van der Waals surface area contributed by atoms with Crippen molar-refractivity contribution in [2.45, 2.75) is 39.3 Å². The van der Waals surface area contributed by atoms with E-state index in [4.69, 9.17) is 9.41 Å². The summed E-state index contributed by atoms with van der Waals surface area (Å²) >= 11 is 0. The molecule has 1 atom stereocenters. The van der Waals surface area contributed by atoms with Crippen molar-refractivity contribution in [3.05, 3.63) is 59.9 Å². The number of aromatic nitrogens is 2. The molecule has 1 saturated heterocycles. The summed E-state index contributed by atoms with van der Waals surface area (Å²) in [6.07, 6.45) is 6.31. The van der Waals surface area contributed by atoms with Crippen LogP contribution in [0, 0.1) is 6.92 Å². The summed E-state index contributed by atoms with van der Waals surface area (Å²) in [6.45, 7) is 8.49. The zero-order valence-electron chi connectivity index (χ0n) is 17.7. The molecule has 1 aliphatic rings. The molecule has 4 heterocycles. The van der Waals surface area contributed by atoms with Crippen LogP contribution in [-0.2, 0) is 6.54 Å². The quantitative estimate of drug-likeness (QED) is 0.281. The molecule has 30 heavy (non-hydrogen) atoms. The zero-order valence-corrected chi connectivity index (χ0v) is 20.0. The van der Waals surface area contributed by atoms with E-state index in [9.17, 15) is 0 Å². The molecule has 8 heteroatoms. The Bertz CT molecular complexity index is 946. The molecule has 3 aromatic heterocycles. The third-order valence-corrected chi connectivity index (χ3v) is 5.41. The first-order chi connectivity index (χ1) is 14.2. The molecule has 0 bridgehead atoms. The van der Waals surface area contributed by atoms with Gasteiger partial charge in [-0.05, 0) is 64.0 Å². The highest BCUT2D eigenvalue weighted by atomic mass is 127. The topological polar surface area (TPSA) is 70.1 Å². The molecule has 7 nitrogen and oxygen atoms in total. The van der Waals surface area contributed by atoms with Gasteiger partial charge >= 0.3 is 0 Å². The van der Waals surface area contributed by atoms with Gasteiger partial charge in [0.1, 0.15) is 11.4 Å². The standard InChI is InChI=1S/C22H30N6O.HI/c1-3-23-22(24-14-18-16-28-17(2)8-6-10-21(28)26-18)25-15-19(20-9-7-13-29-20)27-11-4-5-12-27;/h6-10,13,16,19H,3-5,11-12,14-15H2,1-2H3,(H2,23,24,25);1H. The lowest BCUT2D eigenvalue weighted by atomic mass is 10.2. The van der Waals surface area contributed by atoms with E-state index in [0.29, 0.717) is 6.54 Å². The van der Waals surface area contributed by atoms with Crippen LogP contribution < -0.4 is 10.6 Å². The van der Waals surface area contributed by atoms with Crippen LogP contribution in [0.3, 0.4) is 0 Å². The molecule has 0 amide bonds. The maximum atomic E-state index is 5.72. The number of aryl methyl sites for hydroxylation is 1. The largest absolute Gasteiger partial charge is 0.468 e. The van der Waals surface area contributed by atoms with Crippen LogP contribution >= 0.6 is 24.0 Å². The third-order valence-electron chi connectivity index (χ3n) is 5.41. The number of aliphatic imine (C=N–C) groups is 1. The van der Waals surface area contributed by atoms with Crippen molar-refractivity contribution >= 4 is 35.6 Å². The Hall–Kier alpha value is -2.07. The fourth-order valence-corrected chi connectivity index (χ4v) is 3.91. The van der Waals surface area contributed by atoms with E-state index in [2.05, 4.69) is 57.1 Å². The maximum absolute atomic E-state index is 5.72. The second-order valence-electron chi connectivity index (χ2n) is 7.48. The Morgan fingerprint density at radius 2 is 2.03 bits per heavy atom. The number of rotatable bonds is 7. The van der Waals surface area contributed by atoms with Gasteiger partial charge in [-0.3, -0.25) is 4.90 Å². The number of likely N-dealkylation sites (tertiary alicyclic amines) is 1. The van der Waals surface area contributed by atoms with Gasteiger partial charge in [0, 0.05) is 25.0 Å². The summed E-state index contributed by atoms with van der Waals surface area (Å²) in [6, 6.07) is 10.4. The summed E-state index contributed by atoms with van der Waals surface area (Å²) < 4.78 is 7.82. The highest BCUT2D eigenvalue weighted by molar-refractivity contribution is 14.0. The number of hydrogen-bond acceptors (Lipinski definition) is 4. The number of pyridine rings is 1. The number of furan rings is 1. The van der Waals surface area contributed by atoms with Gasteiger partial charge in [-0.2, -0.15) is 0 Å². The number of hydrogen-bond donors (Lipinski definition) is 2. The summed E-state index contributed by atoms with van der Waals surface area (Å²) in [5.41, 5.74) is 3.08. The van der Waals surface area contributed by atoms with Gasteiger partial charge < -0.3 is 19.5 Å². The van der Waals surface area contributed by atoms with Crippen LogP contribution in [0.1, 0.15) is 43.0 Å². The lowest BCUT2D eigenvalue weighted by Crippen LogP contribution is -2.42. The van der Waals surface area contributed by atoms with E-state index in [-0.39, 0.29) is 30.0 Å². The number of guanidine groups is 1. The second-order valence-corrected chi connectivity index (χ2v) is 7.48.